The van der Waals surface area contributed by atoms with E-state index < -0.39 is 5.92 Å². The van der Waals surface area contributed by atoms with Gasteiger partial charge >= 0.3 is 0 Å². The van der Waals surface area contributed by atoms with Gasteiger partial charge in [-0.25, -0.2) is 0 Å². The van der Waals surface area contributed by atoms with Gasteiger partial charge in [-0.2, -0.15) is 0 Å². The molecule has 1 unspecified atom stereocenters. The Bertz CT molecular complexity index is 1400. The number of nitrogens with zero attached hydrogens (tertiary/aromatic N) is 2. The number of para-hydroxylation sites is 2. The highest BCUT2D eigenvalue weighted by atomic mass is 16.3. The van der Waals surface area contributed by atoms with E-state index >= 15 is 0 Å². The highest BCUT2D eigenvalue weighted by Gasteiger charge is 2.33. The second kappa shape index (κ2) is 8.47. The van der Waals surface area contributed by atoms with Gasteiger partial charge in [-0.1, -0.05) is 36.4 Å². The number of carbonyl (C=O) groups excluding carboxylic acids is 2. The molecular weight excluding hydrogens is 414 g/mol. The molecule has 1 atom stereocenters. The molecule has 6 heteroatoms. The molecule has 3 aromatic carbocycles. The first-order chi connectivity index (χ1) is 16.0. The molecule has 1 aliphatic heterocycles. The van der Waals surface area contributed by atoms with Crippen LogP contribution in [-0.2, 0) is 16.1 Å². The van der Waals surface area contributed by atoms with Crippen LogP contribution in [0.25, 0.3) is 27.9 Å². The van der Waals surface area contributed by atoms with Crippen molar-refractivity contribution in [3.8, 4) is 5.75 Å². The Morgan fingerprint density at radius 2 is 1.82 bits per heavy atom. The summed E-state index contributed by atoms with van der Waals surface area (Å²) >= 11 is 0. The normalized spacial score (nSPS) is 16.3. The van der Waals surface area contributed by atoms with E-state index in [0.717, 1.165) is 28.5 Å². The quantitative estimate of drug-likeness (QED) is 0.461. The standard InChI is InChI=1S/C27H25N3O3/c1-2-30-23-9-5-4-8-21(23)22-16-20(11-12-24(22)30)28-27(33)19-15-26(32)29(17-19)14-13-18-7-3-6-10-25(18)31/h3-14,16,19,31H,2,15,17H2,1H3,(H,28,33). The van der Waals surface area contributed by atoms with Gasteiger partial charge in [0, 0.05) is 58.8 Å². The lowest BCUT2D eigenvalue weighted by atomic mass is 10.1. The molecule has 0 bridgehead atoms. The van der Waals surface area contributed by atoms with Crippen LogP contribution in [0.15, 0.2) is 72.9 Å². The van der Waals surface area contributed by atoms with Crippen molar-refractivity contribution in [2.24, 2.45) is 5.92 Å². The molecule has 1 fully saturated rings. The SMILES string of the molecule is CCn1c2ccccc2c2cc(NC(=O)C3CC(=O)N(C=Cc4ccccc4O)C3)ccc21. The number of carbonyl (C=O) groups is 2. The number of hydrogen-bond donors (Lipinski definition) is 2. The van der Waals surface area contributed by atoms with E-state index in [1.54, 1.807) is 30.5 Å². The topological polar surface area (TPSA) is 74.6 Å². The zero-order chi connectivity index (χ0) is 22.9. The van der Waals surface area contributed by atoms with Crippen molar-refractivity contribution in [1.82, 2.24) is 9.47 Å². The van der Waals surface area contributed by atoms with Crippen LogP contribution < -0.4 is 5.32 Å². The van der Waals surface area contributed by atoms with Crippen molar-refractivity contribution in [1.29, 1.82) is 0 Å². The second-order valence-electron chi connectivity index (χ2n) is 8.30. The summed E-state index contributed by atoms with van der Waals surface area (Å²) in [5.41, 5.74) is 3.65. The molecule has 4 aromatic rings. The number of phenolic OH excluding ortho intramolecular Hbond substituents is 1. The van der Waals surface area contributed by atoms with Gasteiger partial charge in [0.25, 0.3) is 0 Å². The van der Waals surface area contributed by atoms with Crippen LogP contribution in [0.2, 0.25) is 0 Å². The minimum Gasteiger partial charge on any atom is -0.507 e. The van der Waals surface area contributed by atoms with Crippen LogP contribution in [-0.4, -0.2) is 32.9 Å². The number of benzene rings is 3. The van der Waals surface area contributed by atoms with E-state index in [-0.39, 0.29) is 24.0 Å². The van der Waals surface area contributed by atoms with Crippen molar-refractivity contribution < 1.29 is 14.7 Å². The number of fused-ring (bicyclic) bond motifs is 3. The van der Waals surface area contributed by atoms with Crippen molar-refractivity contribution in [3.05, 3.63) is 78.5 Å². The highest BCUT2D eigenvalue weighted by Crippen LogP contribution is 2.31. The number of phenols is 1. The molecule has 1 aliphatic rings. The number of rotatable bonds is 5. The van der Waals surface area contributed by atoms with Crippen LogP contribution in [0, 0.1) is 5.92 Å². The number of hydrogen-bond acceptors (Lipinski definition) is 3. The molecule has 166 valence electrons. The van der Waals surface area contributed by atoms with E-state index in [4.69, 9.17) is 0 Å². The average Bonchev–Trinajstić information content (AvgIpc) is 3.35. The summed E-state index contributed by atoms with van der Waals surface area (Å²) in [4.78, 5) is 26.9. The highest BCUT2D eigenvalue weighted by molar-refractivity contribution is 6.10. The van der Waals surface area contributed by atoms with Crippen molar-refractivity contribution >= 4 is 45.4 Å². The largest absolute Gasteiger partial charge is 0.507 e. The lowest BCUT2D eigenvalue weighted by Crippen LogP contribution is -2.25. The Morgan fingerprint density at radius 3 is 2.64 bits per heavy atom. The fraction of sp³-hybridized carbons (Fsp3) is 0.185. The lowest BCUT2D eigenvalue weighted by molar-refractivity contribution is -0.126. The molecule has 0 spiro atoms. The van der Waals surface area contributed by atoms with Gasteiger partial charge < -0.3 is 19.9 Å². The summed E-state index contributed by atoms with van der Waals surface area (Å²) < 4.78 is 2.26. The molecule has 6 nitrogen and oxygen atoms in total. The summed E-state index contributed by atoms with van der Waals surface area (Å²) in [5, 5.41) is 15.1. The predicted molar refractivity (Wildman–Crippen MR) is 131 cm³/mol. The van der Waals surface area contributed by atoms with Crippen molar-refractivity contribution in [3.63, 3.8) is 0 Å². The maximum atomic E-state index is 12.9. The first-order valence-corrected chi connectivity index (χ1v) is 11.1. The van der Waals surface area contributed by atoms with E-state index in [1.165, 1.54) is 10.4 Å². The fourth-order valence-electron chi connectivity index (χ4n) is 4.57. The maximum Gasteiger partial charge on any atom is 0.229 e. The third-order valence-corrected chi connectivity index (χ3v) is 6.26. The molecular formula is C27H25N3O3. The van der Waals surface area contributed by atoms with Crippen LogP contribution in [0.5, 0.6) is 5.75 Å². The Hall–Kier alpha value is -4.06. The summed E-state index contributed by atoms with van der Waals surface area (Å²) in [6.07, 6.45) is 3.48. The van der Waals surface area contributed by atoms with Gasteiger partial charge in [0.05, 0.1) is 5.92 Å². The molecule has 5 rings (SSSR count). The zero-order valence-electron chi connectivity index (χ0n) is 18.4. The summed E-state index contributed by atoms with van der Waals surface area (Å²) in [5.74, 6) is -0.558. The van der Waals surface area contributed by atoms with Gasteiger partial charge in [-0.15, -0.1) is 0 Å². The summed E-state index contributed by atoms with van der Waals surface area (Å²) in [6, 6.07) is 21.1. The number of aromatic hydroxyl groups is 1. The Kier molecular flexibility index (Phi) is 5.34. The first-order valence-electron chi connectivity index (χ1n) is 11.1. The minimum absolute atomic E-state index is 0.108. The van der Waals surface area contributed by atoms with E-state index in [9.17, 15) is 14.7 Å². The number of aromatic nitrogens is 1. The summed E-state index contributed by atoms with van der Waals surface area (Å²) in [7, 11) is 0. The minimum atomic E-state index is -0.431. The number of likely N-dealkylation sites (tertiary alicyclic amines) is 1. The van der Waals surface area contributed by atoms with Crippen LogP contribution >= 0.6 is 0 Å². The molecule has 0 radical (unpaired) electrons. The Labute approximate surface area is 191 Å². The number of nitrogens with one attached hydrogen (secondary N) is 1. The smallest absolute Gasteiger partial charge is 0.229 e. The molecule has 2 heterocycles. The monoisotopic (exact) mass is 439 g/mol. The summed E-state index contributed by atoms with van der Waals surface area (Å²) in [6.45, 7) is 3.30. The van der Waals surface area contributed by atoms with Crippen LogP contribution in [0.4, 0.5) is 5.69 Å². The van der Waals surface area contributed by atoms with Crippen molar-refractivity contribution in [2.75, 3.05) is 11.9 Å². The molecule has 0 saturated carbocycles. The van der Waals surface area contributed by atoms with E-state index in [1.807, 2.05) is 36.4 Å². The Morgan fingerprint density at radius 1 is 1.06 bits per heavy atom. The van der Waals surface area contributed by atoms with Gasteiger partial charge in [-0.05, 0) is 43.3 Å². The fourth-order valence-corrected chi connectivity index (χ4v) is 4.57. The number of amides is 2. The van der Waals surface area contributed by atoms with Gasteiger partial charge in [-0.3, -0.25) is 9.59 Å². The van der Waals surface area contributed by atoms with Crippen molar-refractivity contribution in [2.45, 2.75) is 19.9 Å². The molecule has 2 N–H and O–H groups in total. The second-order valence-corrected chi connectivity index (χ2v) is 8.30. The number of anilines is 1. The van der Waals surface area contributed by atoms with Gasteiger partial charge in [0.2, 0.25) is 11.8 Å². The maximum absolute atomic E-state index is 12.9. The molecule has 0 aliphatic carbocycles. The number of aryl methyl sites for hydroxylation is 1. The molecule has 2 amide bonds. The molecule has 1 saturated heterocycles. The van der Waals surface area contributed by atoms with Crippen LogP contribution in [0.1, 0.15) is 18.9 Å². The Balaban J connectivity index is 1.33. The lowest BCUT2D eigenvalue weighted by Gasteiger charge is -2.12. The third-order valence-electron chi connectivity index (χ3n) is 6.26. The zero-order valence-corrected chi connectivity index (χ0v) is 18.4. The molecule has 33 heavy (non-hydrogen) atoms. The predicted octanol–water partition coefficient (Wildman–Crippen LogP) is 4.98. The van der Waals surface area contributed by atoms with E-state index in [0.29, 0.717) is 12.1 Å². The average molecular weight is 440 g/mol. The molecule has 1 aromatic heterocycles. The first kappa shape index (κ1) is 20.8. The van der Waals surface area contributed by atoms with Gasteiger partial charge in [0.15, 0.2) is 0 Å². The third kappa shape index (κ3) is 3.84. The van der Waals surface area contributed by atoms with E-state index in [2.05, 4.69) is 28.9 Å². The van der Waals surface area contributed by atoms with Gasteiger partial charge in [0.1, 0.15) is 5.75 Å². The van der Waals surface area contributed by atoms with Crippen LogP contribution in [0.3, 0.4) is 0 Å².